The van der Waals surface area contributed by atoms with E-state index in [1.807, 2.05) is 6.08 Å². The van der Waals surface area contributed by atoms with Crippen LogP contribution in [0.2, 0.25) is 0 Å². The molecule has 1 heteroatoms. The third kappa shape index (κ3) is 1.06. The van der Waals surface area contributed by atoms with Crippen molar-refractivity contribution < 1.29 is 5.11 Å². The lowest BCUT2D eigenvalue weighted by Crippen LogP contribution is -2.50. The lowest BCUT2D eigenvalue weighted by atomic mass is 9.61. The van der Waals surface area contributed by atoms with Crippen LogP contribution in [0, 0.1) is 22.7 Å². The van der Waals surface area contributed by atoms with Gasteiger partial charge in [0.15, 0.2) is 0 Å². The molecule has 0 heterocycles. The van der Waals surface area contributed by atoms with Gasteiger partial charge in [-0.25, -0.2) is 0 Å². The lowest BCUT2D eigenvalue weighted by molar-refractivity contribution is -0.116. The van der Waals surface area contributed by atoms with E-state index in [4.69, 9.17) is 0 Å². The van der Waals surface area contributed by atoms with Crippen LogP contribution in [-0.2, 0) is 0 Å². The topological polar surface area (TPSA) is 20.2 Å². The number of aliphatic hydroxyl groups is 1. The monoisotopic (exact) mass is 222 g/mol. The summed E-state index contributed by atoms with van der Waals surface area (Å²) in [6, 6.07) is 0. The second-order valence-electron chi connectivity index (χ2n) is 6.63. The van der Waals surface area contributed by atoms with Crippen molar-refractivity contribution in [2.24, 2.45) is 22.7 Å². The Morgan fingerprint density at radius 1 is 1.38 bits per heavy atom. The molecule has 0 aliphatic heterocycles. The van der Waals surface area contributed by atoms with Gasteiger partial charge in [-0.2, -0.15) is 0 Å². The Labute approximate surface area is 99.9 Å². The van der Waals surface area contributed by atoms with Gasteiger partial charge in [0.2, 0.25) is 0 Å². The first kappa shape index (κ1) is 12.2. The van der Waals surface area contributed by atoms with Gasteiger partial charge in [0.1, 0.15) is 0 Å². The molecule has 0 unspecified atom stereocenters. The van der Waals surface area contributed by atoms with Gasteiger partial charge in [-0.05, 0) is 36.5 Å². The summed E-state index contributed by atoms with van der Waals surface area (Å²) in [5.74, 6) is 1.15. The fraction of sp³-hybridized carbons (Fsp3) is 0.867. The highest BCUT2D eigenvalue weighted by Crippen LogP contribution is 2.73. The molecule has 2 rings (SSSR count). The third-order valence-corrected chi connectivity index (χ3v) is 6.25. The Morgan fingerprint density at radius 2 is 2.00 bits per heavy atom. The standard InChI is InChI=1S/C15H26O/c1-6-9-15(16)11(7-2)12-8-10-14(15,5)13(12,3)4/h6,11-12,16H,1,7-10H2,2-5H3/t11-,12+,14+,15+/m0/s1. The number of hydrogen-bond donors (Lipinski definition) is 1. The van der Waals surface area contributed by atoms with Crippen molar-refractivity contribution in [3.8, 4) is 0 Å². The molecule has 2 fully saturated rings. The van der Waals surface area contributed by atoms with Crippen molar-refractivity contribution in [1.29, 1.82) is 0 Å². The highest BCUT2D eigenvalue weighted by molar-refractivity contribution is 5.22. The maximum atomic E-state index is 11.2. The number of fused-ring (bicyclic) bond motifs is 2. The van der Waals surface area contributed by atoms with Crippen molar-refractivity contribution in [3.05, 3.63) is 12.7 Å². The van der Waals surface area contributed by atoms with E-state index in [1.165, 1.54) is 12.8 Å². The quantitative estimate of drug-likeness (QED) is 0.721. The van der Waals surface area contributed by atoms with Crippen LogP contribution in [0.3, 0.4) is 0 Å². The van der Waals surface area contributed by atoms with Gasteiger partial charge in [0, 0.05) is 5.41 Å². The van der Waals surface area contributed by atoms with Crippen LogP contribution in [0.1, 0.15) is 53.4 Å². The summed E-state index contributed by atoms with van der Waals surface area (Å²) in [6.45, 7) is 13.1. The SMILES string of the molecule is C=CC[C@@]1(O)[C@@H](CC)[C@H]2CC[C@]1(C)C2(C)C. The minimum atomic E-state index is -0.518. The molecule has 2 saturated carbocycles. The normalized spacial score (nSPS) is 49.6. The Morgan fingerprint density at radius 3 is 2.50 bits per heavy atom. The van der Waals surface area contributed by atoms with Gasteiger partial charge in [-0.1, -0.05) is 40.2 Å². The second-order valence-corrected chi connectivity index (χ2v) is 6.63. The molecular weight excluding hydrogens is 196 g/mol. The summed E-state index contributed by atoms with van der Waals surface area (Å²) in [6.07, 6.45) is 6.22. The molecule has 2 aliphatic rings. The zero-order valence-electron chi connectivity index (χ0n) is 11.2. The van der Waals surface area contributed by atoms with E-state index in [-0.39, 0.29) is 10.8 Å². The van der Waals surface area contributed by atoms with Crippen LogP contribution in [0.25, 0.3) is 0 Å². The molecule has 2 bridgehead atoms. The second kappa shape index (κ2) is 3.35. The molecule has 4 atom stereocenters. The molecule has 0 aromatic heterocycles. The van der Waals surface area contributed by atoms with E-state index in [0.717, 1.165) is 12.8 Å². The van der Waals surface area contributed by atoms with Crippen molar-refractivity contribution in [2.45, 2.75) is 59.0 Å². The van der Waals surface area contributed by atoms with Gasteiger partial charge in [0.25, 0.3) is 0 Å². The zero-order chi connectivity index (χ0) is 12.2. The van der Waals surface area contributed by atoms with Gasteiger partial charge in [-0.15, -0.1) is 6.58 Å². The summed E-state index contributed by atoms with van der Waals surface area (Å²) >= 11 is 0. The summed E-state index contributed by atoms with van der Waals surface area (Å²) < 4.78 is 0. The highest BCUT2D eigenvalue weighted by Gasteiger charge is 2.71. The van der Waals surface area contributed by atoms with E-state index in [2.05, 4.69) is 34.3 Å². The van der Waals surface area contributed by atoms with E-state index in [9.17, 15) is 5.11 Å². The maximum absolute atomic E-state index is 11.2. The summed E-state index contributed by atoms with van der Waals surface area (Å²) in [4.78, 5) is 0. The maximum Gasteiger partial charge on any atom is 0.0771 e. The van der Waals surface area contributed by atoms with Crippen molar-refractivity contribution >= 4 is 0 Å². The first-order valence-corrected chi connectivity index (χ1v) is 6.68. The van der Waals surface area contributed by atoms with E-state index in [0.29, 0.717) is 11.8 Å². The Balaban J connectivity index is 2.49. The van der Waals surface area contributed by atoms with Crippen LogP contribution in [-0.4, -0.2) is 10.7 Å². The van der Waals surface area contributed by atoms with Crippen LogP contribution < -0.4 is 0 Å². The van der Waals surface area contributed by atoms with Crippen LogP contribution >= 0.6 is 0 Å². The number of hydrogen-bond acceptors (Lipinski definition) is 1. The first-order valence-electron chi connectivity index (χ1n) is 6.68. The molecule has 0 aromatic carbocycles. The molecule has 1 nitrogen and oxygen atoms in total. The minimum Gasteiger partial charge on any atom is -0.389 e. The molecule has 0 radical (unpaired) electrons. The van der Waals surface area contributed by atoms with Crippen LogP contribution in [0.4, 0.5) is 0 Å². The van der Waals surface area contributed by atoms with E-state index >= 15 is 0 Å². The first-order chi connectivity index (χ1) is 7.35. The van der Waals surface area contributed by atoms with E-state index in [1.54, 1.807) is 0 Å². The fourth-order valence-corrected chi connectivity index (χ4v) is 4.98. The predicted octanol–water partition coefficient (Wildman–Crippen LogP) is 3.78. The smallest absolute Gasteiger partial charge is 0.0771 e. The van der Waals surface area contributed by atoms with Gasteiger partial charge in [0.05, 0.1) is 5.60 Å². The molecule has 0 saturated heterocycles. The summed E-state index contributed by atoms with van der Waals surface area (Å²) in [5.41, 5.74) is -0.180. The van der Waals surface area contributed by atoms with E-state index < -0.39 is 5.60 Å². The Bertz CT molecular complexity index is 307. The largest absolute Gasteiger partial charge is 0.389 e. The Hall–Kier alpha value is -0.300. The molecule has 2 aliphatic carbocycles. The summed E-state index contributed by atoms with van der Waals surface area (Å²) in [7, 11) is 0. The molecule has 1 N–H and O–H groups in total. The van der Waals surface area contributed by atoms with Crippen LogP contribution in [0.15, 0.2) is 12.7 Å². The van der Waals surface area contributed by atoms with Crippen molar-refractivity contribution in [1.82, 2.24) is 0 Å². The molecule has 92 valence electrons. The molecule has 0 aromatic rings. The third-order valence-electron chi connectivity index (χ3n) is 6.25. The van der Waals surface area contributed by atoms with Crippen molar-refractivity contribution in [3.63, 3.8) is 0 Å². The fourth-order valence-electron chi connectivity index (χ4n) is 4.98. The van der Waals surface area contributed by atoms with Crippen molar-refractivity contribution in [2.75, 3.05) is 0 Å². The lowest BCUT2D eigenvalue weighted by Gasteiger charge is -2.47. The zero-order valence-corrected chi connectivity index (χ0v) is 11.2. The average molecular weight is 222 g/mol. The van der Waals surface area contributed by atoms with Gasteiger partial charge in [-0.3, -0.25) is 0 Å². The minimum absolute atomic E-state index is 0.0690. The Kier molecular flexibility index (Phi) is 2.55. The van der Waals surface area contributed by atoms with Gasteiger partial charge < -0.3 is 5.11 Å². The number of rotatable bonds is 3. The van der Waals surface area contributed by atoms with Crippen LogP contribution in [0.5, 0.6) is 0 Å². The summed E-state index contributed by atoms with van der Waals surface area (Å²) in [5, 5.41) is 11.2. The molecule has 0 spiro atoms. The molecular formula is C15H26O. The predicted molar refractivity (Wildman–Crippen MR) is 68.2 cm³/mol. The highest BCUT2D eigenvalue weighted by atomic mass is 16.3. The molecule has 16 heavy (non-hydrogen) atoms. The average Bonchev–Trinajstić information content (AvgIpc) is 2.49. The molecule has 0 amide bonds. The van der Waals surface area contributed by atoms with Gasteiger partial charge >= 0.3 is 0 Å².